The predicted molar refractivity (Wildman–Crippen MR) is 136 cm³/mol. The van der Waals surface area contributed by atoms with Crippen LogP contribution < -0.4 is 14.2 Å². The minimum absolute atomic E-state index is 0.0537. The lowest BCUT2D eigenvalue weighted by Gasteiger charge is -2.25. The Morgan fingerprint density at radius 3 is 2.39 bits per heavy atom. The highest BCUT2D eigenvalue weighted by molar-refractivity contribution is 9.09. The molecule has 0 atom stereocenters. The van der Waals surface area contributed by atoms with Crippen molar-refractivity contribution in [2.45, 2.75) is 12.8 Å². The molecule has 33 heavy (non-hydrogen) atoms. The van der Waals surface area contributed by atoms with Crippen molar-refractivity contribution in [1.29, 1.82) is 0 Å². The van der Waals surface area contributed by atoms with Gasteiger partial charge in [0, 0.05) is 22.0 Å². The van der Waals surface area contributed by atoms with E-state index in [1.54, 1.807) is 14.2 Å². The van der Waals surface area contributed by atoms with Crippen LogP contribution in [0.2, 0.25) is 5.02 Å². The first-order valence-corrected chi connectivity index (χ1v) is 12.1. The van der Waals surface area contributed by atoms with Gasteiger partial charge in [-0.1, -0.05) is 45.7 Å². The Bertz CT molecular complexity index is 1200. The number of benzene rings is 3. The van der Waals surface area contributed by atoms with Crippen molar-refractivity contribution < 1.29 is 19.0 Å². The molecule has 3 aromatic rings. The van der Waals surface area contributed by atoms with Gasteiger partial charge in [-0.05, 0) is 72.0 Å². The van der Waals surface area contributed by atoms with E-state index in [-0.39, 0.29) is 5.78 Å². The highest BCUT2D eigenvalue weighted by Gasteiger charge is 2.28. The van der Waals surface area contributed by atoms with Gasteiger partial charge in [0.05, 0.1) is 25.8 Å². The summed E-state index contributed by atoms with van der Waals surface area (Å²) >= 11 is 10.0. The molecule has 0 unspecified atom stereocenters. The fourth-order valence-corrected chi connectivity index (χ4v) is 4.61. The largest absolute Gasteiger partial charge is 0.497 e. The van der Waals surface area contributed by atoms with Crippen LogP contribution in [0.3, 0.4) is 0 Å². The van der Waals surface area contributed by atoms with Crippen molar-refractivity contribution in [3.8, 4) is 17.2 Å². The van der Waals surface area contributed by atoms with E-state index < -0.39 is 0 Å². The van der Waals surface area contributed by atoms with Gasteiger partial charge in [-0.2, -0.15) is 0 Å². The number of ketones is 1. The summed E-state index contributed by atoms with van der Waals surface area (Å²) in [5.74, 6) is 2.03. The first-order chi connectivity index (χ1) is 16.1. The fourth-order valence-electron chi connectivity index (χ4n) is 4.13. The molecule has 0 fully saturated rings. The van der Waals surface area contributed by atoms with Crippen molar-refractivity contribution >= 4 is 44.5 Å². The van der Waals surface area contributed by atoms with Crippen LogP contribution in [0, 0.1) is 0 Å². The van der Waals surface area contributed by atoms with E-state index in [0.717, 1.165) is 45.5 Å². The molecule has 0 radical (unpaired) electrons. The third-order valence-electron chi connectivity index (χ3n) is 5.73. The molecule has 4 rings (SSSR count). The Morgan fingerprint density at radius 1 is 0.939 bits per heavy atom. The van der Waals surface area contributed by atoms with Gasteiger partial charge in [-0.3, -0.25) is 4.79 Å². The molecule has 1 aliphatic rings. The summed E-state index contributed by atoms with van der Waals surface area (Å²) in [6.45, 7) is 0.562. The molecule has 0 spiro atoms. The Balaban J connectivity index is 1.86. The van der Waals surface area contributed by atoms with Crippen LogP contribution in [0.1, 0.15) is 33.5 Å². The summed E-state index contributed by atoms with van der Waals surface area (Å²) in [5, 5.41) is 1.25. The fraction of sp³-hybridized carbons (Fsp3) is 0.222. The molecule has 0 aromatic heterocycles. The molecular weight excluding hydrogens is 504 g/mol. The van der Waals surface area contributed by atoms with E-state index in [2.05, 4.69) is 15.9 Å². The first kappa shape index (κ1) is 23.4. The maximum atomic E-state index is 13.9. The number of rotatable bonds is 8. The zero-order valence-corrected chi connectivity index (χ0v) is 20.8. The lowest BCUT2D eigenvalue weighted by molar-refractivity contribution is 0.105. The minimum atomic E-state index is -0.0537. The van der Waals surface area contributed by atoms with Gasteiger partial charge in [0.1, 0.15) is 17.2 Å². The second-order valence-corrected chi connectivity index (χ2v) is 8.76. The number of carbonyl (C=O) groups is 1. The number of hydrogen-bond acceptors (Lipinski definition) is 4. The third kappa shape index (κ3) is 4.80. The lowest BCUT2D eigenvalue weighted by atomic mass is 9.79. The first-order valence-electron chi connectivity index (χ1n) is 10.6. The predicted octanol–water partition coefficient (Wildman–Crippen LogP) is 6.87. The molecule has 0 saturated heterocycles. The zero-order valence-electron chi connectivity index (χ0n) is 18.5. The molecule has 6 heteroatoms. The smallest absolute Gasteiger partial charge is 0.193 e. The van der Waals surface area contributed by atoms with Crippen LogP contribution in [-0.4, -0.2) is 31.9 Å². The maximum absolute atomic E-state index is 13.9. The van der Waals surface area contributed by atoms with Crippen LogP contribution in [0.25, 0.3) is 11.1 Å². The van der Waals surface area contributed by atoms with Crippen molar-refractivity contribution in [3.63, 3.8) is 0 Å². The molecular formula is C27H24BrClO4. The van der Waals surface area contributed by atoms with E-state index in [1.165, 1.54) is 0 Å². The number of fused-ring (bicyclic) bond motifs is 1. The SMILES string of the molecule is COc1ccc2c(c1)CCC(c1cccc(OC)c1Cl)=C2C(=O)c1ccc(OCCBr)cc1. The summed E-state index contributed by atoms with van der Waals surface area (Å²) in [5.41, 5.74) is 4.97. The van der Waals surface area contributed by atoms with Crippen LogP contribution in [0.5, 0.6) is 17.2 Å². The van der Waals surface area contributed by atoms with Crippen molar-refractivity contribution in [1.82, 2.24) is 0 Å². The van der Waals surface area contributed by atoms with Gasteiger partial charge in [0.15, 0.2) is 5.78 Å². The topological polar surface area (TPSA) is 44.8 Å². The second-order valence-electron chi connectivity index (χ2n) is 7.59. The van der Waals surface area contributed by atoms with Crippen LogP contribution in [0.15, 0.2) is 60.7 Å². The molecule has 3 aromatic carbocycles. The number of carbonyl (C=O) groups excluding carboxylic acids is 1. The summed E-state index contributed by atoms with van der Waals surface area (Å²) in [6, 6.07) is 18.8. The van der Waals surface area contributed by atoms with E-state index >= 15 is 0 Å². The summed E-state index contributed by atoms with van der Waals surface area (Å²) in [6.07, 6.45) is 1.46. The van der Waals surface area contributed by atoms with Crippen LogP contribution in [0.4, 0.5) is 0 Å². The third-order valence-corrected chi connectivity index (χ3v) is 6.44. The molecule has 0 amide bonds. The number of ether oxygens (including phenoxy) is 3. The lowest BCUT2D eigenvalue weighted by Crippen LogP contribution is -2.13. The van der Waals surface area contributed by atoms with E-state index in [9.17, 15) is 4.79 Å². The number of alkyl halides is 1. The van der Waals surface area contributed by atoms with Crippen molar-refractivity contribution in [2.75, 3.05) is 26.2 Å². The number of hydrogen-bond donors (Lipinski definition) is 0. The van der Waals surface area contributed by atoms with Gasteiger partial charge >= 0.3 is 0 Å². The highest BCUT2D eigenvalue weighted by Crippen LogP contribution is 2.43. The summed E-state index contributed by atoms with van der Waals surface area (Å²) in [4.78, 5) is 13.9. The van der Waals surface area contributed by atoms with E-state index in [1.807, 2.05) is 60.7 Å². The average Bonchev–Trinajstić information content (AvgIpc) is 2.86. The molecule has 0 aliphatic heterocycles. The summed E-state index contributed by atoms with van der Waals surface area (Å²) in [7, 11) is 3.24. The number of halogens is 2. The molecule has 1 aliphatic carbocycles. The molecule has 0 bridgehead atoms. The van der Waals surface area contributed by atoms with Crippen molar-refractivity contribution in [2.24, 2.45) is 0 Å². The number of methoxy groups -OCH3 is 2. The highest BCUT2D eigenvalue weighted by atomic mass is 79.9. The Hall–Kier alpha value is -2.76. The molecule has 0 saturated carbocycles. The minimum Gasteiger partial charge on any atom is -0.497 e. The Kier molecular flexibility index (Phi) is 7.41. The van der Waals surface area contributed by atoms with Crippen molar-refractivity contribution in [3.05, 3.63) is 87.9 Å². The molecule has 0 N–H and O–H groups in total. The molecule has 170 valence electrons. The maximum Gasteiger partial charge on any atom is 0.193 e. The quantitative estimate of drug-likeness (QED) is 0.237. The zero-order chi connectivity index (χ0) is 23.4. The standard InChI is InChI=1S/C27H24BrClO4/c1-31-20-11-13-21-18(16-20)8-12-22(23-4-3-5-24(32-2)26(23)29)25(21)27(30)17-6-9-19(10-7-17)33-15-14-28/h3-7,9-11,13,16H,8,12,14-15H2,1-2H3. The number of allylic oxidation sites excluding steroid dienone is 2. The summed E-state index contributed by atoms with van der Waals surface area (Å²) < 4.78 is 16.5. The van der Waals surface area contributed by atoms with Gasteiger partial charge in [-0.25, -0.2) is 0 Å². The van der Waals surface area contributed by atoms with Crippen LogP contribution >= 0.6 is 27.5 Å². The normalized spacial score (nSPS) is 12.8. The average molecular weight is 528 g/mol. The van der Waals surface area contributed by atoms with E-state index in [0.29, 0.717) is 34.9 Å². The van der Waals surface area contributed by atoms with Gasteiger partial charge < -0.3 is 14.2 Å². The van der Waals surface area contributed by atoms with Gasteiger partial charge in [-0.15, -0.1) is 0 Å². The van der Waals surface area contributed by atoms with Gasteiger partial charge in [0.2, 0.25) is 0 Å². The molecule has 0 heterocycles. The monoisotopic (exact) mass is 526 g/mol. The molecule has 4 nitrogen and oxygen atoms in total. The Morgan fingerprint density at radius 2 is 1.70 bits per heavy atom. The number of aryl methyl sites for hydroxylation is 1. The van der Waals surface area contributed by atoms with E-state index in [4.69, 9.17) is 25.8 Å². The number of Topliss-reactive ketones (excluding diaryl/α,β-unsaturated/α-hetero) is 1. The second kappa shape index (κ2) is 10.4. The van der Waals surface area contributed by atoms with Gasteiger partial charge in [0.25, 0.3) is 0 Å². The Labute approximate surface area is 207 Å². The van der Waals surface area contributed by atoms with Crippen LogP contribution in [-0.2, 0) is 6.42 Å².